The number of rotatable bonds is 7. The second-order valence-electron chi connectivity index (χ2n) is 7.43. The number of morpholine rings is 1. The van der Waals surface area contributed by atoms with Gasteiger partial charge in [-0.1, -0.05) is 18.9 Å². The van der Waals surface area contributed by atoms with Gasteiger partial charge in [0.2, 0.25) is 0 Å². The van der Waals surface area contributed by atoms with Crippen LogP contribution in [0.3, 0.4) is 0 Å². The van der Waals surface area contributed by atoms with Gasteiger partial charge in [-0.05, 0) is 43.4 Å². The van der Waals surface area contributed by atoms with Gasteiger partial charge in [0.1, 0.15) is 0 Å². The third kappa shape index (κ3) is 5.16. The van der Waals surface area contributed by atoms with Crippen molar-refractivity contribution in [3.63, 3.8) is 0 Å². The van der Waals surface area contributed by atoms with E-state index in [1.54, 1.807) is 6.07 Å². The van der Waals surface area contributed by atoms with E-state index in [0.717, 1.165) is 37.7 Å². The lowest BCUT2D eigenvalue weighted by atomic mass is 10.1. The van der Waals surface area contributed by atoms with Gasteiger partial charge in [0.15, 0.2) is 11.6 Å². The average molecular weight is 350 g/mol. The molecule has 0 amide bonds. The number of halogens is 1. The highest BCUT2D eigenvalue weighted by molar-refractivity contribution is 5.31. The lowest BCUT2D eigenvalue weighted by Gasteiger charge is -2.35. The van der Waals surface area contributed by atoms with Gasteiger partial charge in [-0.3, -0.25) is 4.90 Å². The first kappa shape index (κ1) is 18.6. The molecule has 0 bridgehead atoms. The summed E-state index contributed by atoms with van der Waals surface area (Å²) < 4.78 is 24.6. The number of hydrogen-bond donors (Lipinski definition) is 1. The van der Waals surface area contributed by atoms with Gasteiger partial charge in [0, 0.05) is 32.2 Å². The Balaban J connectivity index is 1.47. The molecule has 3 rings (SSSR count). The molecule has 2 fully saturated rings. The smallest absolute Gasteiger partial charge is 0.165 e. The van der Waals surface area contributed by atoms with Crippen LogP contribution in [0.4, 0.5) is 4.39 Å². The predicted octanol–water partition coefficient (Wildman–Crippen LogP) is 3.38. The summed E-state index contributed by atoms with van der Waals surface area (Å²) in [7, 11) is 1.50. The normalized spacial score (nSPS) is 23.7. The molecule has 1 unspecified atom stereocenters. The largest absolute Gasteiger partial charge is 0.494 e. The first-order valence-corrected chi connectivity index (χ1v) is 9.56. The summed E-state index contributed by atoms with van der Waals surface area (Å²) in [4.78, 5) is 2.57. The van der Waals surface area contributed by atoms with Gasteiger partial charge < -0.3 is 14.8 Å². The van der Waals surface area contributed by atoms with Crippen LogP contribution in [0.15, 0.2) is 18.2 Å². The fourth-order valence-electron chi connectivity index (χ4n) is 4.00. The molecule has 0 aromatic heterocycles. The third-order valence-electron chi connectivity index (χ3n) is 5.54. The zero-order valence-corrected chi connectivity index (χ0v) is 15.5. The Bertz CT molecular complexity index is 548. The van der Waals surface area contributed by atoms with E-state index in [4.69, 9.17) is 9.47 Å². The predicted molar refractivity (Wildman–Crippen MR) is 97.5 cm³/mol. The number of hydrogen-bond acceptors (Lipinski definition) is 4. The van der Waals surface area contributed by atoms with Gasteiger partial charge in [-0.25, -0.2) is 4.39 Å². The zero-order chi connectivity index (χ0) is 17.6. The number of benzene rings is 1. The first-order valence-electron chi connectivity index (χ1n) is 9.56. The number of ether oxygens (including phenoxy) is 2. The van der Waals surface area contributed by atoms with E-state index in [-0.39, 0.29) is 18.0 Å². The van der Waals surface area contributed by atoms with Gasteiger partial charge >= 0.3 is 0 Å². The zero-order valence-electron chi connectivity index (χ0n) is 15.5. The molecule has 1 aromatic carbocycles. The summed E-state index contributed by atoms with van der Waals surface area (Å²) >= 11 is 0. The molecule has 1 aliphatic carbocycles. The van der Waals surface area contributed by atoms with Gasteiger partial charge in [0.05, 0.1) is 19.8 Å². The van der Waals surface area contributed by atoms with Crippen LogP contribution in [-0.4, -0.2) is 50.9 Å². The summed E-state index contributed by atoms with van der Waals surface area (Å²) in [5.41, 5.74) is 1.02. The molecule has 0 spiro atoms. The molecule has 2 atom stereocenters. The van der Waals surface area contributed by atoms with E-state index < -0.39 is 0 Å². The molecule has 1 saturated carbocycles. The topological polar surface area (TPSA) is 33.7 Å². The van der Waals surface area contributed by atoms with Crippen LogP contribution in [-0.2, 0) is 4.74 Å². The van der Waals surface area contributed by atoms with Crippen molar-refractivity contribution < 1.29 is 13.9 Å². The molecule has 1 aliphatic heterocycles. The lowest BCUT2D eigenvalue weighted by Crippen LogP contribution is -2.48. The number of nitrogens with zero attached hydrogens (tertiary/aromatic N) is 1. The minimum Gasteiger partial charge on any atom is -0.494 e. The summed E-state index contributed by atoms with van der Waals surface area (Å²) in [6.45, 7) is 7.00. The Morgan fingerprint density at radius 3 is 2.92 bits per heavy atom. The van der Waals surface area contributed by atoms with Crippen molar-refractivity contribution in [2.24, 2.45) is 5.92 Å². The highest BCUT2D eigenvalue weighted by Gasteiger charge is 2.24. The van der Waals surface area contributed by atoms with Crippen LogP contribution in [0, 0.1) is 11.7 Å². The van der Waals surface area contributed by atoms with Crippen molar-refractivity contribution >= 4 is 0 Å². The quantitative estimate of drug-likeness (QED) is 0.817. The van der Waals surface area contributed by atoms with Crippen LogP contribution >= 0.6 is 0 Å². The minimum absolute atomic E-state index is 0.128. The fraction of sp³-hybridized carbons (Fsp3) is 0.700. The molecule has 4 nitrogen and oxygen atoms in total. The van der Waals surface area contributed by atoms with Crippen LogP contribution in [0.1, 0.15) is 44.2 Å². The van der Waals surface area contributed by atoms with E-state index in [0.29, 0.717) is 5.75 Å². The molecule has 1 saturated heterocycles. The molecule has 2 aliphatic rings. The van der Waals surface area contributed by atoms with E-state index in [1.807, 2.05) is 6.07 Å². The minimum atomic E-state index is -0.323. The van der Waals surface area contributed by atoms with Gasteiger partial charge in [-0.15, -0.1) is 0 Å². The maximum Gasteiger partial charge on any atom is 0.165 e. The maximum absolute atomic E-state index is 13.5. The maximum atomic E-state index is 13.5. The van der Waals surface area contributed by atoms with Crippen LogP contribution in [0.5, 0.6) is 5.75 Å². The number of methoxy groups -OCH3 is 1. The Morgan fingerprint density at radius 2 is 2.16 bits per heavy atom. The van der Waals surface area contributed by atoms with Crippen molar-refractivity contribution in [1.82, 2.24) is 10.2 Å². The van der Waals surface area contributed by atoms with E-state index in [9.17, 15) is 4.39 Å². The Labute approximate surface area is 150 Å². The standard InChI is InChI=1S/C20H31FN2O2/c1-15(17-7-8-19(21)20(11-17)24-2)22-12-18-14-23(9-10-25-18)13-16-5-3-4-6-16/h7-8,11,15-16,18,22H,3-6,9-10,12-14H2,1-2H3/t15-,18?/m1/s1. The summed E-state index contributed by atoms with van der Waals surface area (Å²) in [5.74, 6) is 0.858. The van der Waals surface area contributed by atoms with Crippen molar-refractivity contribution in [2.75, 3.05) is 39.9 Å². The van der Waals surface area contributed by atoms with Crippen LogP contribution in [0.2, 0.25) is 0 Å². The highest BCUT2D eigenvalue weighted by Crippen LogP contribution is 2.26. The molecule has 140 valence electrons. The Hall–Kier alpha value is -1.17. The van der Waals surface area contributed by atoms with Crippen molar-refractivity contribution in [2.45, 2.75) is 44.8 Å². The van der Waals surface area contributed by atoms with Gasteiger partial charge in [-0.2, -0.15) is 0 Å². The van der Waals surface area contributed by atoms with Crippen molar-refractivity contribution in [3.05, 3.63) is 29.6 Å². The lowest BCUT2D eigenvalue weighted by molar-refractivity contribution is -0.0322. The molecule has 0 radical (unpaired) electrons. The van der Waals surface area contributed by atoms with Crippen LogP contribution < -0.4 is 10.1 Å². The molecule has 1 N–H and O–H groups in total. The third-order valence-corrected chi connectivity index (χ3v) is 5.54. The van der Waals surface area contributed by atoms with Crippen molar-refractivity contribution in [1.29, 1.82) is 0 Å². The first-order chi connectivity index (χ1) is 12.2. The molecule has 1 aromatic rings. The summed E-state index contributed by atoms with van der Waals surface area (Å²) in [5, 5.41) is 3.52. The Kier molecular flexibility index (Phi) is 6.68. The van der Waals surface area contributed by atoms with E-state index in [2.05, 4.69) is 17.1 Å². The number of nitrogens with one attached hydrogen (secondary N) is 1. The summed E-state index contributed by atoms with van der Waals surface area (Å²) in [6.07, 6.45) is 5.81. The van der Waals surface area contributed by atoms with Crippen LogP contribution in [0.25, 0.3) is 0 Å². The van der Waals surface area contributed by atoms with Gasteiger partial charge in [0.25, 0.3) is 0 Å². The second-order valence-corrected chi connectivity index (χ2v) is 7.43. The summed E-state index contributed by atoms with van der Waals surface area (Å²) in [6, 6.07) is 5.17. The SMILES string of the molecule is COc1cc([C@@H](C)NCC2CN(CC3CCCC3)CCO2)ccc1F. The van der Waals surface area contributed by atoms with Crippen molar-refractivity contribution in [3.8, 4) is 5.75 Å². The second kappa shape index (κ2) is 8.97. The Morgan fingerprint density at radius 1 is 1.36 bits per heavy atom. The molecule has 25 heavy (non-hydrogen) atoms. The monoisotopic (exact) mass is 350 g/mol. The van der Waals surface area contributed by atoms with E-state index in [1.165, 1.54) is 45.4 Å². The molecule has 1 heterocycles. The average Bonchev–Trinajstić information content (AvgIpc) is 3.13. The fourth-order valence-corrected chi connectivity index (χ4v) is 4.00. The molecular weight excluding hydrogens is 319 g/mol. The molecular formula is C20H31FN2O2. The molecule has 5 heteroatoms. The highest BCUT2D eigenvalue weighted by atomic mass is 19.1. The van der Waals surface area contributed by atoms with E-state index >= 15 is 0 Å².